The number of nitrogens with one attached hydrogen (secondary N) is 2. The van der Waals surface area contributed by atoms with Gasteiger partial charge >= 0.3 is 12.1 Å². The van der Waals surface area contributed by atoms with Gasteiger partial charge in [-0.25, -0.2) is 33.3 Å². The molecule has 2 N–H and O–H groups in total. The van der Waals surface area contributed by atoms with Gasteiger partial charge in [-0.2, -0.15) is 4.98 Å². The molecule has 4 atom stereocenters. The zero-order valence-corrected chi connectivity index (χ0v) is 22.6. The molecule has 0 radical (unpaired) electrons. The van der Waals surface area contributed by atoms with E-state index in [1.165, 1.54) is 31.7 Å². The number of ether oxygens (including phenoxy) is 2. The van der Waals surface area contributed by atoms with Crippen LogP contribution in [-0.2, 0) is 4.74 Å². The van der Waals surface area contributed by atoms with Gasteiger partial charge in [0.15, 0.2) is 5.82 Å². The Morgan fingerprint density at radius 1 is 1.15 bits per heavy atom. The van der Waals surface area contributed by atoms with E-state index in [1.807, 2.05) is 0 Å². The van der Waals surface area contributed by atoms with Crippen LogP contribution in [0.3, 0.4) is 0 Å². The standard InChI is InChI=1S/C25H33F2N9O4/c1-4-39-21-12-29-20(11-30-21)32-23(37)35(3)18-14-36(8-6-25(18,26)27)22-28-7-5-19(31-22)33-24(38)40-17-10-16-9-15(17)13-34(16)2/h5,7,11-12,15-18H,4,6,8-10,13-14H2,1-3H3,(H,29,32,37)(H,28,31,33,38)/t15-,16-,17+,18+/m1/s1. The number of halogens is 2. The lowest BCUT2D eigenvalue weighted by Gasteiger charge is -2.42. The van der Waals surface area contributed by atoms with Crippen molar-refractivity contribution in [3.05, 3.63) is 24.7 Å². The lowest BCUT2D eigenvalue weighted by Crippen LogP contribution is -2.60. The summed E-state index contributed by atoms with van der Waals surface area (Å²) in [5, 5.41) is 5.11. The molecule has 2 aromatic rings. The summed E-state index contributed by atoms with van der Waals surface area (Å²) in [4.78, 5) is 46.7. The van der Waals surface area contributed by atoms with Crippen molar-refractivity contribution in [2.24, 2.45) is 5.92 Å². The molecule has 3 aliphatic rings. The number of aromatic nitrogens is 4. The summed E-state index contributed by atoms with van der Waals surface area (Å²) >= 11 is 0. The molecule has 2 bridgehead atoms. The molecule has 13 nitrogen and oxygen atoms in total. The third-order valence-corrected chi connectivity index (χ3v) is 7.70. The van der Waals surface area contributed by atoms with Gasteiger partial charge in [0.1, 0.15) is 18.0 Å². The second-order valence-electron chi connectivity index (χ2n) is 10.3. The number of piperidine rings is 2. The van der Waals surface area contributed by atoms with Crippen molar-refractivity contribution < 1.29 is 27.8 Å². The Labute approximate surface area is 230 Å². The molecule has 0 unspecified atom stereocenters. The first-order valence-corrected chi connectivity index (χ1v) is 13.2. The highest BCUT2D eigenvalue weighted by molar-refractivity contribution is 5.88. The van der Waals surface area contributed by atoms with E-state index in [2.05, 4.69) is 42.5 Å². The summed E-state index contributed by atoms with van der Waals surface area (Å²) < 4.78 is 40.8. The molecule has 1 aliphatic carbocycles. The van der Waals surface area contributed by atoms with Crippen LogP contribution in [-0.4, -0.2) is 106 Å². The topological polar surface area (TPSA) is 138 Å². The number of alkyl halides is 2. The summed E-state index contributed by atoms with van der Waals surface area (Å²) in [6.45, 7) is 2.85. The van der Waals surface area contributed by atoms with E-state index in [9.17, 15) is 18.4 Å². The summed E-state index contributed by atoms with van der Waals surface area (Å²) in [5.74, 6) is -2.09. The molecule has 0 aromatic carbocycles. The molecule has 2 aliphatic heterocycles. The number of nitrogens with zero attached hydrogens (tertiary/aromatic N) is 7. The van der Waals surface area contributed by atoms with Gasteiger partial charge in [0.05, 0.1) is 19.0 Å². The fourth-order valence-corrected chi connectivity index (χ4v) is 5.53. The first-order valence-electron chi connectivity index (χ1n) is 13.2. The highest BCUT2D eigenvalue weighted by Gasteiger charge is 2.48. The SMILES string of the molecule is CCOc1cnc(NC(=O)N(C)[C@H]2CN(c3nccc(NC(=O)O[C@H]4C[C@H]5C[C@@H]4CN5C)n3)CCC2(F)F)cn1. The summed E-state index contributed by atoms with van der Waals surface area (Å²) in [6.07, 6.45) is 4.62. The van der Waals surface area contributed by atoms with Gasteiger partial charge in [-0.05, 0) is 26.5 Å². The molecule has 5 rings (SSSR count). The van der Waals surface area contributed by atoms with Crippen LogP contribution >= 0.6 is 0 Å². The molecule has 3 amide bonds. The highest BCUT2D eigenvalue weighted by atomic mass is 19.3. The second kappa shape index (κ2) is 11.3. The van der Waals surface area contributed by atoms with Gasteiger partial charge in [0.2, 0.25) is 11.8 Å². The van der Waals surface area contributed by atoms with E-state index in [1.54, 1.807) is 11.8 Å². The lowest BCUT2D eigenvalue weighted by molar-refractivity contribution is -0.0760. The van der Waals surface area contributed by atoms with Crippen LogP contribution in [0.5, 0.6) is 5.88 Å². The number of urea groups is 1. The molecular weight excluding hydrogens is 528 g/mol. The fourth-order valence-electron chi connectivity index (χ4n) is 5.53. The van der Waals surface area contributed by atoms with Gasteiger partial charge in [0, 0.05) is 57.7 Å². The predicted octanol–water partition coefficient (Wildman–Crippen LogP) is 2.68. The number of likely N-dealkylation sites (N-methyl/N-ethyl adjacent to an activating group) is 1. The molecule has 2 saturated heterocycles. The number of carbonyl (C=O) groups excluding carboxylic acids is 2. The van der Waals surface area contributed by atoms with Crippen molar-refractivity contribution in [1.82, 2.24) is 29.7 Å². The molecule has 1 saturated carbocycles. The van der Waals surface area contributed by atoms with Crippen LogP contribution in [0, 0.1) is 5.92 Å². The Morgan fingerprint density at radius 2 is 1.98 bits per heavy atom. The smallest absolute Gasteiger partial charge is 0.413 e. The van der Waals surface area contributed by atoms with E-state index in [0.717, 1.165) is 24.3 Å². The molecule has 4 heterocycles. The third-order valence-electron chi connectivity index (χ3n) is 7.70. The minimum absolute atomic E-state index is 0.0319. The van der Waals surface area contributed by atoms with E-state index in [0.29, 0.717) is 18.6 Å². The Morgan fingerprint density at radius 3 is 2.65 bits per heavy atom. The number of fused-ring (bicyclic) bond motifs is 2. The van der Waals surface area contributed by atoms with Crippen molar-refractivity contribution >= 4 is 29.7 Å². The van der Waals surface area contributed by atoms with Crippen molar-refractivity contribution in [1.29, 1.82) is 0 Å². The molecular formula is C25H33F2N9O4. The van der Waals surface area contributed by atoms with Crippen molar-refractivity contribution in [3.63, 3.8) is 0 Å². The van der Waals surface area contributed by atoms with Gasteiger partial charge in [0.25, 0.3) is 5.92 Å². The molecule has 40 heavy (non-hydrogen) atoms. The van der Waals surface area contributed by atoms with Crippen LogP contribution in [0.2, 0.25) is 0 Å². The maximum absolute atomic E-state index is 15.0. The molecule has 3 fully saturated rings. The first kappa shape index (κ1) is 27.7. The lowest BCUT2D eigenvalue weighted by atomic mass is 10.00. The average molecular weight is 562 g/mol. The van der Waals surface area contributed by atoms with Crippen LogP contribution < -0.4 is 20.3 Å². The van der Waals surface area contributed by atoms with Gasteiger partial charge in [-0.15, -0.1) is 0 Å². The second-order valence-corrected chi connectivity index (χ2v) is 10.3. The monoisotopic (exact) mass is 561 g/mol. The Kier molecular flexibility index (Phi) is 7.83. The van der Waals surface area contributed by atoms with Crippen LogP contribution in [0.1, 0.15) is 26.2 Å². The van der Waals surface area contributed by atoms with E-state index < -0.39 is 30.5 Å². The third kappa shape index (κ3) is 5.98. The van der Waals surface area contributed by atoms with E-state index in [4.69, 9.17) is 9.47 Å². The highest BCUT2D eigenvalue weighted by Crippen LogP contribution is 2.38. The number of carbonyl (C=O) groups is 2. The normalized spacial score (nSPS) is 25.4. The molecule has 2 aromatic heterocycles. The van der Waals surface area contributed by atoms with Crippen molar-refractivity contribution in [3.8, 4) is 5.88 Å². The minimum atomic E-state index is -3.15. The maximum atomic E-state index is 15.0. The molecule has 15 heteroatoms. The Balaban J connectivity index is 1.20. The zero-order valence-electron chi connectivity index (χ0n) is 22.6. The largest absolute Gasteiger partial charge is 0.477 e. The van der Waals surface area contributed by atoms with Crippen molar-refractivity contribution in [2.75, 3.05) is 55.9 Å². The van der Waals surface area contributed by atoms with Crippen molar-refractivity contribution in [2.45, 2.75) is 50.3 Å². The summed E-state index contributed by atoms with van der Waals surface area (Å²) in [6, 6.07) is -0.297. The predicted molar refractivity (Wildman–Crippen MR) is 141 cm³/mol. The van der Waals surface area contributed by atoms with Crippen LogP contribution in [0.15, 0.2) is 24.7 Å². The number of rotatable bonds is 7. The van der Waals surface area contributed by atoms with Gasteiger partial charge in [-0.1, -0.05) is 0 Å². The fraction of sp³-hybridized carbons (Fsp3) is 0.600. The van der Waals surface area contributed by atoms with E-state index in [-0.39, 0.29) is 42.7 Å². The van der Waals surface area contributed by atoms with Gasteiger partial charge < -0.3 is 24.2 Å². The number of anilines is 3. The summed E-state index contributed by atoms with van der Waals surface area (Å²) in [7, 11) is 3.37. The van der Waals surface area contributed by atoms with Crippen LogP contribution in [0.4, 0.5) is 36.0 Å². The number of hydrogen-bond acceptors (Lipinski definition) is 10. The van der Waals surface area contributed by atoms with Crippen LogP contribution in [0.25, 0.3) is 0 Å². The number of hydrogen-bond donors (Lipinski definition) is 2. The average Bonchev–Trinajstić information content (AvgIpc) is 3.48. The maximum Gasteiger partial charge on any atom is 0.413 e. The number of likely N-dealkylation sites (tertiary alicyclic amines) is 1. The van der Waals surface area contributed by atoms with E-state index >= 15 is 0 Å². The Hall–Kier alpha value is -3.88. The number of amides is 3. The Bertz CT molecular complexity index is 1220. The first-order chi connectivity index (χ1) is 19.1. The molecule has 0 spiro atoms. The zero-order chi connectivity index (χ0) is 28.4. The summed E-state index contributed by atoms with van der Waals surface area (Å²) in [5.41, 5.74) is 0. The van der Waals surface area contributed by atoms with Gasteiger partial charge in [-0.3, -0.25) is 10.6 Å². The minimum Gasteiger partial charge on any atom is -0.477 e. The quantitative estimate of drug-likeness (QED) is 0.519. The molecule has 216 valence electrons.